The summed E-state index contributed by atoms with van der Waals surface area (Å²) in [7, 11) is 1.87. The third-order valence-corrected chi connectivity index (χ3v) is 4.89. The highest BCUT2D eigenvalue weighted by atomic mass is 16.5. The van der Waals surface area contributed by atoms with E-state index in [2.05, 4.69) is 0 Å². The van der Waals surface area contributed by atoms with E-state index in [-0.39, 0.29) is 23.8 Å². The Morgan fingerprint density at radius 3 is 2.78 bits per heavy atom. The van der Waals surface area contributed by atoms with Gasteiger partial charge < -0.3 is 14.5 Å². The van der Waals surface area contributed by atoms with E-state index in [1.54, 1.807) is 0 Å². The average Bonchev–Trinajstić information content (AvgIpc) is 2.74. The van der Waals surface area contributed by atoms with Gasteiger partial charge in [-0.15, -0.1) is 0 Å². The van der Waals surface area contributed by atoms with Crippen LogP contribution in [0.4, 0.5) is 0 Å². The summed E-state index contributed by atoms with van der Waals surface area (Å²) in [4.78, 5) is 28.6. The second-order valence-electron chi connectivity index (χ2n) is 6.44. The van der Waals surface area contributed by atoms with E-state index >= 15 is 0 Å². The van der Waals surface area contributed by atoms with Crippen molar-refractivity contribution in [2.45, 2.75) is 31.7 Å². The zero-order valence-corrected chi connectivity index (χ0v) is 13.6. The lowest BCUT2D eigenvalue weighted by Gasteiger charge is -2.29. The molecule has 2 fully saturated rings. The highest BCUT2D eigenvalue weighted by molar-refractivity contribution is 5.82. The topological polar surface area (TPSA) is 49.9 Å². The summed E-state index contributed by atoms with van der Waals surface area (Å²) < 4.78 is 5.61. The van der Waals surface area contributed by atoms with Gasteiger partial charge in [-0.25, -0.2) is 0 Å². The fourth-order valence-electron chi connectivity index (χ4n) is 3.50. The van der Waals surface area contributed by atoms with Gasteiger partial charge in [0.2, 0.25) is 11.8 Å². The Bertz CT molecular complexity index is 561. The van der Waals surface area contributed by atoms with E-state index in [0.29, 0.717) is 26.1 Å². The normalized spacial score (nSPS) is 24.3. The summed E-state index contributed by atoms with van der Waals surface area (Å²) in [5.41, 5.74) is 0. The first-order chi connectivity index (χ1) is 11.1. The lowest BCUT2D eigenvalue weighted by molar-refractivity contribution is -0.134. The minimum Gasteiger partial charge on any atom is -0.493 e. The molecule has 0 aromatic heterocycles. The standard InChI is InChI=1S/C18H24N2O3/c1-19-15-7-5-6-14(18(19)22)12-20(13-15)17(21)10-11-23-16-8-3-2-4-9-16/h2-4,8-9,14-15H,5-7,10-13H2,1H3/t14-,15+/m1/s1. The third kappa shape index (κ3) is 3.66. The zero-order valence-electron chi connectivity index (χ0n) is 13.6. The number of carbonyl (C=O) groups is 2. The Labute approximate surface area is 137 Å². The smallest absolute Gasteiger partial charge is 0.227 e. The molecule has 2 aliphatic rings. The van der Waals surface area contributed by atoms with Crippen LogP contribution >= 0.6 is 0 Å². The molecule has 2 atom stereocenters. The number of ether oxygens (including phenoxy) is 1. The number of hydrogen-bond acceptors (Lipinski definition) is 3. The third-order valence-electron chi connectivity index (χ3n) is 4.89. The molecule has 5 heteroatoms. The van der Waals surface area contributed by atoms with Gasteiger partial charge in [-0.3, -0.25) is 9.59 Å². The molecule has 1 aromatic carbocycles. The fourth-order valence-corrected chi connectivity index (χ4v) is 3.50. The van der Waals surface area contributed by atoms with Gasteiger partial charge >= 0.3 is 0 Å². The molecule has 0 saturated carbocycles. The van der Waals surface area contributed by atoms with Crippen molar-refractivity contribution in [3.05, 3.63) is 30.3 Å². The molecule has 0 radical (unpaired) electrons. The lowest BCUT2D eigenvalue weighted by Crippen LogP contribution is -2.42. The number of likely N-dealkylation sites (N-methyl/N-ethyl adjacent to an activating group) is 1. The largest absolute Gasteiger partial charge is 0.493 e. The highest BCUT2D eigenvalue weighted by Crippen LogP contribution is 2.27. The van der Waals surface area contributed by atoms with Crippen LogP contribution in [0, 0.1) is 5.92 Å². The van der Waals surface area contributed by atoms with Crippen molar-refractivity contribution in [2.24, 2.45) is 5.92 Å². The maximum Gasteiger partial charge on any atom is 0.227 e. The first-order valence-electron chi connectivity index (χ1n) is 8.37. The molecular formula is C18H24N2O3. The average molecular weight is 316 g/mol. The number of nitrogens with zero attached hydrogens (tertiary/aromatic N) is 2. The van der Waals surface area contributed by atoms with Crippen LogP contribution in [0.2, 0.25) is 0 Å². The molecule has 2 heterocycles. The summed E-state index contributed by atoms with van der Waals surface area (Å²) in [6, 6.07) is 9.68. The minimum absolute atomic E-state index is 0.0357. The molecule has 3 rings (SSSR count). The molecule has 5 nitrogen and oxygen atoms in total. The Morgan fingerprint density at radius 2 is 2.00 bits per heavy atom. The van der Waals surface area contributed by atoms with Crippen molar-refractivity contribution in [1.29, 1.82) is 0 Å². The number of likely N-dealkylation sites (tertiary alicyclic amines) is 1. The van der Waals surface area contributed by atoms with Gasteiger partial charge in [0.1, 0.15) is 5.75 Å². The fraction of sp³-hybridized carbons (Fsp3) is 0.556. The van der Waals surface area contributed by atoms with Crippen LogP contribution in [-0.2, 0) is 9.59 Å². The quantitative estimate of drug-likeness (QED) is 0.853. The maximum atomic E-state index is 12.5. The Hall–Kier alpha value is -2.04. The van der Waals surface area contributed by atoms with Gasteiger partial charge in [-0.05, 0) is 25.0 Å². The lowest BCUT2D eigenvalue weighted by atomic mass is 9.99. The molecular weight excluding hydrogens is 292 g/mol. The van der Waals surface area contributed by atoms with Crippen molar-refractivity contribution in [3.8, 4) is 5.75 Å². The van der Waals surface area contributed by atoms with Crippen LogP contribution in [-0.4, -0.2) is 54.4 Å². The van der Waals surface area contributed by atoms with Crippen molar-refractivity contribution in [1.82, 2.24) is 9.80 Å². The molecule has 0 aliphatic carbocycles. The number of para-hydroxylation sites is 1. The van der Waals surface area contributed by atoms with Crippen LogP contribution in [0.5, 0.6) is 5.75 Å². The Kier molecular flexibility index (Phi) is 4.84. The SMILES string of the molecule is CN1C(=O)[C@@H]2CCC[C@H]1CN(C(=O)CCOc1ccccc1)C2. The van der Waals surface area contributed by atoms with E-state index in [1.165, 1.54) is 0 Å². The van der Waals surface area contributed by atoms with Crippen molar-refractivity contribution < 1.29 is 14.3 Å². The molecule has 1 aromatic rings. The Balaban J connectivity index is 1.56. The Morgan fingerprint density at radius 1 is 1.22 bits per heavy atom. The van der Waals surface area contributed by atoms with E-state index < -0.39 is 0 Å². The summed E-state index contributed by atoms with van der Waals surface area (Å²) in [5.74, 6) is 1.03. The van der Waals surface area contributed by atoms with E-state index in [4.69, 9.17) is 4.74 Å². The van der Waals surface area contributed by atoms with Gasteiger partial charge in [0.25, 0.3) is 0 Å². The molecule has 0 N–H and O–H groups in total. The van der Waals surface area contributed by atoms with Crippen molar-refractivity contribution in [3.63, 3.8) is 0 Å². The number of fused-ring (bicyclic) bond motifs is 3. The van der Waals surface area contributed by atoms with Crippen LogP contribution in [0.15, 0.2) is 30.3 Å². The van der Waals surface area contributed by atoms with Gasteiger partial charge in [0.15, 0.2) is 0 Å². The van der Waals surface area contributed by atoms with Crippen LogP contribution in [0.3, 0.4) is 0 Å². The maximum absolute atomic E-state index is 12.5. The monoisotopic (exact) mass is 316 g/mol. The molecule has 23 heavy (non-hydrogen) atoms. The number of benzene rings is 1. The zero-order chi connectivity index (χ0) is 16.2. The van der Waals surface area contributed by atoms with E-state index in [9.17, 15) is 9.59 Å². The van der Waals surface area contributed by atoms with Crippen LogP contribution in [0.25, 0.3) is 0 Å². The van der Waals surface area contributed by atoms with Gasteiger partial charge in [-0.1, -0.05) is 24.6 Å². The predicted molar refractivity (Wildman–Crippen MR) is 87.0 cm³/mol. The number of rotatable bonds is 4. The second-order valence-corrected chi connectivity index (χ2v) is 6.44. The molecule has 2 saturated heterocycles. The predicted octanol–water partition coefficient (Wildman–Crippen LogP) is 1.92. The van der Waals surface area contributed by atoms with Crippen LogP contribution < -0.4 is 4.74 Å². The molecule has 124 valence electrons. The highest BCUT2D eigenvalue weighted by Gasteiger charge is 2.37. The molecule has 0 unspecified atom stereocenters. The first kappa shape index (κ1) is 15.8. The number of hydrogen-bond donors (Lipinski definition) is 0. The molecule has 2 aliphatic heterocycles. The van der Waals surface area contributed by atoms with E-state index in [0.717, 1.165) is 25.0 Å². The first-order valence-corrected chi connectivity index (χ1v) is 8.37. The van der Waals surface area contributed by atoms with Gasteiger partial charge in [-0.2, -0.15) is 0 Å². The number of carbonyl (C=O) groups excluding carboxylic acids is 2. The second kappa shape index (κ2) is 7.02. The molecule has 2 amide bonds. The van der Waals surface area contributed by atoms with Gasteiger partial charge in [0.05, 0.1) is 18.9 Å². The molecule has 2 bridgehead atoms. The minimum atomic E-state index is -0.0357. The summed E-state index contributed by atoms with van der Waals surface area (Å²) in [6.45, 7) is 1.59. The summed E-state index contributed by atoms with van der Waals surface area (Å²) >= 11 is 0. The van der Waals surface area contributed by atoms with Crippen LogP contribution in [0.1, 0.15) is 25.7 Å². The summed E-state index contributed by atoms with van der Waals surface area (Å²) in [5, 5.41) is 0. The van der Waals surface area contributed by atoms with Crippen molar-refractivity contribution >= 4 is 11.8 Å². The van der Waals surface area contributed by atoms with Gasteiger partial charge in [0, 0.05) is 26.2 Å². The van der Waals surface area contributed by atoms with Crippen molar-refractivity contribution in [2.75, 3.05) is 26.7 Å². The number of amides is 2. The summed E-state index contributed by atoms with van der Waals surface area (Å²) in [6.07, 6.45) is 3.31. The van der Waals surface area contributed by atoms with E-state index in [1.807, 2.05) is 47.2 Å². The molecule has 0 spiro atoms.